The first-order valence-corrected chi connectivity index (χ1v) is 4.21. The van der Waals surface area contributed by atoms with Gasteiger partial charge in [0, 0.05) is 18.3 Å². The van der Waals surface area contributed by atoms with Crippen molar-refractivity contribution in [2.45, 2.75) is 32.6 Å². The summed E-state index contributed by atoms with van der Waals surface area (Å²) < 4.78 is 0. The molecular formula is C9H15NO. The lowest BCUT2D eigenvalue weighted by Gasteiger charge is -1.98. The third-order valence-corrected chi connectivity index (χ3v) is 1.88. The zero-order chi connectivity index (χ0) is 8.10. The largest absolute Gasteiger partial charge is 0.392 e. The highest BCUT2D eigenvalue weighted by atomic mass is 16.3. The van der Waals surface area contributed by atoms with Crippen molar-refractivity contribution in [2.75, 3.05) is 6.61 Å². The number of hydrogen-bond donors (Lipinski definition) is 1. The molecule has 2 heteroatoms. The topological polar surface area (TPSA) is 32.6 Å². The van der Waals surface area contributed by atoms with E-state index in [1.54, 1.807) is 6.20 Å². The average Bonchev–Trinajstić information content (AvgIpc) is 2.48. The molecule has 0 aliphatic carbocycles. The molecule has 0 saturated carbocycles. The Balaban J connectivity index is 2.23. The highest BCUT2D eigenvalue weighted by Gasteiger charge is 2.07. The highest BCUT2D eigenvalue weighted by molar-refractivity contribution is 5.89. The number of unbranched alkanes of at least 4 members (excludes halogenated alkanes) is 1. The number of aliphatic hydroxyl groups excluding tert-OH is 1. The van der Waals surface area contributed by atoms with Gasteiger partial charge in [-0.05, 0) is 18.4 Å². The lowest BCUT2D eigenvalue weighted by molar-refractivity contribution is 0.330. The Morgan fingerprint density at radius 1 is 1.64 bits per heavy atom. The maximum absolute atomic E-state index is 8.77. The van der Waals surface area contributed by atoms with E-state index in [1.165, 1.54) is 18.6 Å². The van der Waals surface area contributed by atoms with E-state index in [2.05, 4.69) is 11.9 Å². The van der Waals surface area contributed by atoms with Crippen molar-refractivity contribution in [3.8, 4) is 0 Å². The standard InChI is InChI=1S/C9H15NO/c1-2-3-4-9-5-8(7-11)6-10-9/h6,11H,2-5,7H2,1H3. The number of nitrogens with zero attached hydrogens (tertiary/aromatic N) is 1. The lowest BCUT2D eigenvalue weighted by Crippen LogP contribution is -1.97. The quantitative estimate of drug-likeness (QED) is 0.657. The van der Waals surface area contributed by atoms with Crippen LogP contribution in [0.3, 0.4) is 0 Å². The van der Waals surface area contributed by atoms with Crippen molar-refractivity contribution in [3.63, 3.8) is 0 Å². The second-order valence-corrected chi connectivity index (χ2v) is 2.92. The number of aliphatic hydroxyl groups is 1. The zero-order valence-electron chi connectivity index (χ0n) is 7.01. The summed E-state index contributed by atoms with van der Waals surface area (Å²) in [6, 6.07) is 0. The van der Waals surface area contributed by atoms with Crippen molar-refractivity contribution in [1.82, 2.24) is 0 Å². The van der Waals surface area contributed by atoms with Crippen LogP contribution < -0.4 is 0 Å². The summed E-state index contributed by atoms with van der Waals surface area (Å²) in [5.74, 6) is 0. The summed E-state index contributed by atoms with van der Waals surface area (Å²) in [5, 5.41) is 8.77. The van der Waals surface area contributed by atoms with E-state index < -0.39 is 0 Å². The van der Waals surface area contributed by atoms with Crippen molar-refractivity contribution in [3.05, 3.63) is 11.8 Å². The maximum Gasteiger partial charge on any atom is 0.0663 e. The number of rotatable bonds is 4. The molecule has 1 heterocycles. The van der Waals surface area contributed by atoms with Crippen molar-refractivity contribution in [2.24, 2.45) is 4.99 Å². The van der Waals surface area contributed by atoms with E-state index in [1.807, 2.05) is 0 Å². The first-order chi connectivity index (χ1) is 5.36. The number of hydrogen-bond acceptors (Lipinski definition) is 2. The Morgan fingerprint density at radius 3 is 3.00 bits per heavy atom. The molecule has 0 aromatic heterocycles. The molecule has 0 radical (unpaired) electrons. The van der Waals surface area contributed by atoms with Crippen molar-refractivity contribution < 1.29 is 5.11 Å². The zero-order valence-corrected chi connectivity index (χ0v) is 7.01. The molecule has 0 unspecified atom stereocenters. The Labute approximate surface area is 67.7 Å². The fourth-order valence-electron chi connectivity index (χ4n) is 1.17. The first kappa shape index (κ1) is 8.47. The summed E-state index contributed by atoms with van der Waals surface area (Å²) in [6.45, 7) is 2.34. The van der Waals surface area contributed by atoms with Crippen LogP contribution in [-0.2, 0) is 0 Å². The molecule has 0 bridgehead atoms. The number of aliphatic imine (C=N–C) groups is 1. The van der Waals surface area contributed by atoms with Gasteiger partial charge in [0.25, 0.3) is 0 Å². The van der Waals surface area contributed by atoms with Gasteiger partial charge >= 0.3 is 0 Å². The first-order valence-electron chi connectivity index (χ1n) is 4.21. The summed E-state index contributed by atoms with van der Waals surface area (Å²) in [6.07, 6.45) is 6.22. The smallest absolute Gasteiger partial charge is 0.0663 e. The van der Waals surface area contributed by atoms with Gasteiger partial charge in [0.2, 0.25) is 0 Å². The van der Waals surface area contributed by atoms with E-state index in [0.29, 0.717) is 0 Å². The SMILES string of the molecule is CCCCC1=NC=C(CO)C1. The molecule has 1 N–H and O–H groups in total. The van der Waals surface area contributed by atoms with Gasteiger partial charge in [-0.1, -0.05) is 13.3 Å². The molecule has 2 nitrogen and oxygen atoms in total. The minimum Gasteiger partial charge on any atom is -0.392 e. The Morgan fingerprint density at radius 2 is 2.45 bits per heavy atom. The van der Waals surface area contributed by atoms with Gasteiger partial charge in [-0.3, -0.25) is 4.99 Å². The molecule has 0 aromatic rings. The van der Waals surface area contributed by atoms with Crippen LogP contribution in [0.1, 0.15) is 32.6 Å². The molecular weight excluding hydrogens is 138 g/mol. The third kappa shape index (κ3) is 2.46. The maximum atomic E-state index is 8.77. The Hall–Kier alpha value is -0.630. The van der Waals surface area contributed by atoms with Crippen molar-refractivity contribution >= 4 is 5.71 Å². The van der Waals surface area contributed by atoms with Crippen LogP contribution in [0.25, 0.3) is 0 Å². The lowest BCUT2D eigenvalue weighted by atomic mass is 10.1. The summed E-state index contributed by atoms with van der Waals surface area (Å²) in [4.78, 5) is 4.22. The van der Waals surface area contributed by atoms with Gasteiger partial charge in [0.1, 0.15) is 0 Å². The average molecular weight is 153 g/mol. The van der Waals surface area contributed by atoms with Crippen LogP contribution in [-0.4, -0.2) is 17.4 Å². The summed E-state index contributed by atoms with van der Waals surface area (Å²) in [7, 11) is 0. The van der Waals surface area contributed by atoms with Gasteiger partial charge in [-0.2, -0.15) is 0 Å². The molecule has 1 aliphatic heterocycles. The van der Waals surface area contributed by atoms with E-state index >= 15 is 0 Å². The predicted molar refractivity (Wildman–Crippen MR) is 46.7 cm³/mol. The second kappa shape index (κ2) is 4.29. The van der Waals surface area contributed by atoms with Gasteiger partial charge in [0.15, 0.2) is 0 Å². The fourth-order valence-corrected chi connectivity index (χ4v) is 1.17. The van der Waals surface area contributed by atoms with E-state index in [-0.39, 0.29) is 6.61 Å². The molecule has 1 rings (SSSR count). The molecule has 0 amide bonds. The van der Waals surface area contributed by atoms with Crippen molar-refractivity contribution in [1.29, 1.82) is 0 Å². The van der Waals surface area contributed by atoms with E-state index in [0.717, 1.165) is 18.4 Å². The molecule has 0 atom stereocenters. The van der Waals surface area contributed by atoms with E-state index in [9.17, 15) is 0 Å². The van der Waals surface area contributed by atoms with Crippen LogP contribution in [0.4, 0.5) is 0 Å². The van der Waals surface area contributed by atoms with Crippen LogP contribution in [0, 0.1) is 0 Å². The molecule has 11 heavy (non-hydrogen) atoms. The fraction of sp³-hybridized carbons (Fsp3) is 0.667. The second-order valence-electron chi connectivity index (χ2n) is 2.92. The molecule has 0 fully saturated rings. The van der Waals surface area contributed by atoms with Gasteiger partial charge < -0.3 is 5.11 Å². The van der Waals surface area contributed by atoms with Gasteiger partial charge in [-0.15, -0.1) is 0 Å². The van der Waals surface area contributed by atoms with E-state index in [4.69, 9.17) is 5.11 Å². The van der Waals surface area contributed by atoms with Crippen LogP contribution in [0.2, 0.25) is 0 Å². The molecule has 62 valence electrons. The van der Waals surface area contributed by atoms with Crippen LogP contribution in [0.5, 0.6) is 0 Å². The van der Waals surface area contributed by atoms with Gasteiger partial charge in [-0.25, -0.2) is 0 Å². The van der Waals surface area contributed by atoms with Crippen LogP contribution in [0.15, 0.2) is 16.8 Å². The molecule has 0 spiro atoms. The normalized spacial score (nSPS) is 16.5. The summed E-state index contributed by atoms with van der Waals surface area (Å²) in [5.41, 5.74) is 2.28. The monoisotopic (exact) mass is 153 g/mol. The Bertz CT molecular complexity index is 182. The Kier molecular flexibility index (Phi) is 3.30. The van der Waals surface area contributed by atoms with Gasteiger partial charge in [0.05, 0.1) is 6.61 Å². The molecule has 1 aliphatic rings. The minimum atomic E-state index is 0.166. The highest BCUT2D eigenvalue weighted by Crippen LogP contribution is 2.14. The molecule has 0 aromatic carbocycles. The predicted octanol–water partition coefficient (Wildman–Crippen LogP) is 1.90. The third-order valence-electron chi connectivity index (χ3n) is 1.88. The molecule has 0 saturated heterocycles. The summed E-state index contributed by atoms with van der Waals surface area (Å²) >= 11 is 0. The van der Waals surface area contributed by atoms with Crippen LogP contribution >= 0.6 is 0 Å². The minimum absolute atomic E-state index is 0.166.